The number of esters is 1. The molecule has 1 heterocycles. The molecule has 2 rings (SSSR count). The van der Waals surface area contributed by atoms with Crippen LogP contribution in [-0.4, -0.2) is 32.3 Å². The zero-order chi connectivity index (χ0) is 13.0. The van der Waals surface area contributed by atoms with Gasteiger partial charge in [-0.05, 0) is 44.1 Å². The standard InChI is InChI=1S/C13H16BrNO3/c1-17-13(16)11-3-2-9(14)8-12(11)18-10-4-6-15-7-5-10/h2-3,8,10,15H,4-7H2,1H3. The fourth-order valence-electron chi connectivity index (χ4n) is 1.97. The number of hydrogen-bond acceptors (Lipinski definition) is 4. The molecule has 0 amide bonds. The number of ether oxygens (including phenoxy) is 2. The molecule has 0 unspecified atom stereocenters. The summed E-state index contributed by atoms with van der Waals surface area (Å²) in [7, 11) is 1.37. The van der Waals surface area contributed by atoms with Crippen LogP contribution in [0.1, 0.15) is 23.2 Å². The Bertz CT molecular complexity index is 430. The minimum Gasteiger partial charge on any atom is -0.489 e. The summed E-state index contributed by atoms with van der Waals surface area (Å²) < 4.78 is 11.6. The maximum absolute atomic E-state index is 11.7. The maximum Gasteiger partial charge on any atom is 0.341 e. The van der Waals surface area contributed by atoms with E-state index in [9.17, 15) is 4.79 Å². The first kappa shape index (κ1) is 13.4. The van der Waals surface area contributed by atoms with Crippen LogP contribution in [0.4, 0.5) is 0 Å². The fourth-order valence-corrected chi connectivity index (χ4v) is 2.31. The second-order valence-corrected chi connectivity index (χ2v) is 5.11. The lowest BCUT2D eigenvalue weighted by molar-refractivity contribution is 0.0591. The Morgan fingerprint density at radius 3 is 2.78 bits per heavy atom. The molecule has 4 nitrogen and oxygen atoms in total. The van der Waals surface area contributed by atoms with E-state index < -0.39 is 0 Å². The third-order valence-electron chi connectivity index (χ3n) is 2.93. The summed E-state index contributed by atoms with van der Waals surface area (Å²) in [5.74, 6) is 0.217. The van der Waals surface area contributed by atoms with Crippen molar-refractivity contribution in [3.63, 3.8) is 0 Å². The lowest BCUT2D eigenvalue weighted by Gasteiger charge is -2.24. The largest absolute Gasteiger partial charge is 0.489 e. The highest BCUT2D eigenvalue weighted by atomic mass is 79.9. The number of piperidine rings is 1. The van der Waals surface area contributed by atoms with Gasteiger partial charge in [0.2, 0.25) is 0 Å². The Balaban J connectivity index is 2.18. The van der Waals surface area contributed by atoms with E-state index in [0.717, 1.165) is 30.4 Å². The summed E-state index contributed by atoms with van der Waals surface area (Å²) >= 11 is 3.39. The molecule has 1 saturated heterocycles. The van der Waals surface area contributed by atoms with E-state index in [4.69, 9.17) is 9.47 Å². The molecule has 1 fully saturated rings. The lowest BCUT2D eigenvalue weighted by atomic mass is 10.1. The van der Waals surface area contributed by atoms with Crippen molar-refractivity contribution in [2.45, 2.75) is 18.9 Å². The highest BCUT2D eigenvalue weighted by molar-refractivity contribution is 9.10. The molecule has 0 bridgehead atoms. The predicted molar refractivity (Wildman–Crippen MR) is 72.0 cm³/mol. The minimum absolute atomic E-state index is 0.156. The van der Waals surface area contributed by atoms with Crippen molar-refractivity contribution in [3.05, 3.63) is 28.2 Å². The normalized spacial score (nSPS) is 16.3. The summed E-state index contributed by atoms with van der Waals surface area (Å²) in [6.45, 7) is 1.90. The van der Waals surface area contributed by atoms with E-state index in [2.05, 4.69) is 21.2 Å². The number of carbonyl (C=O) groups is 1. The average molecular weight is 314 g/mol. The number of nitrogens with one attached hydrogen (secondary N) is 1. The highest BCUT2D eigenvalue weighted by Gasteiger charge is 2.19. The topological polar surface area (TPSA) is 47.6 Å². The molecule has 0 aliphatic carbocycles. The molecular formula is C13H16BrNO3. The summed E-state index contributed by atoms with van der Waals surface area (Å²) in [5, 5.41) is 3.28. The molecule has 1 aliphatic heterocycles. The van der Waals surface area contributed by atoms with Crippen LogP contribution in [0.3, 0.4) is 0 Å². The van der Waals surface area contributed by atoms with Gasteiger partial charge in [0.05, 0.1) is 7.11 Å². The van der Waals surface area contributed by atoms with Crippen molar-refractivity contribution >= 4 is 21.9 Å². The van der Waals surface area contributed by atoms with Crippen LogP contribution in [0.2, 0.25) is 0 Å². The van der Waals surface area contributed by atoms with E-state index in [1.165, 1.54) is 7.11 Å². The molecule has 98 valence electrons. The minimum atomic E-state index is -0.369. The second-order valence-electron chi connectivity index (χ2n) is 4.20. The molecule has 0 radical (unpaired) electrons. The monoisotopic (exact) mass is 313 g/mol. The van der Waals surface area contributed by atoms with Crippen molar-refractivity contribution in [3.8, 4) is 5.75 Å². The molecule has 5 heteroatoms. The Morgan fingerprint density at radius 1 is 1.39 bits per heavy atom. The van der Waals surface area contributed by atoms with Gasteiger partial charge in [-0.25, -0.2) is 4.79 Å². The number of benzene rings is 1. The third-order valence-corrected chi connectivity index (χ3v) is 3.42. The Kier molecular flexibility index (Phi) is 4.60. The van der Waals surface area contributed by atoms with Gasteiger partial charge in [-0.2, -0.15) is 0 Å². The van der Waals surface area contributed by atoms with Gasteiger partial charge < -0.3 is 14.8 Å². The number of carbonyl (C=O) groups excluding carboxylic acids is 1. The summed E-state index contributed by atoms with van der Waals surface area (Å²) in [6.07, 6.45) is 2.06. The average Bonchev–Trinajstić information content (AvgIpc) is 2.39. The van der Waals surface area contributed by atoms with Gasteiger partial charge in [-0.3, -0.25) is 0 Å². The van der Waals surface area contributed by atoms with E-state index >= 15 is 0 Å². The molecule has 1 aliphatic rings. The SMILES string of the molecule is COC(=O)c1ccc(Br)cc1OC1CCNCC1. The molecule has 0 spiro atoms. The van der Waals surface area contributed by atoms with Gasteiger partial charge in [0, 0.05) is 4.47 Å². The Hall–Kier alpha value is -1.07. The molecule has 1 aromatic carbocycles. The summed E-state index contributed by atoms with van der Waals surface area (Å²) in [5.41, 5.74) is 0.472. The van der Waals surface area contributed by atoms with Gasteiger partial charge in [0.15, 0.2) is 0 Å². The van der Waals surface area contributed by atoms with Crippen molar-refractivity contribution < 1.29 is 14.3 Å². The van der Waals surface area contributed by atoms with Gasteiger partial charge in [-0.15, -0.1) is 0 Å². The van der Waals surface area contributed by atoms with Crippen molar-refractivity contribution in [1.82, 2.24) is 5.32 Å². The van der Waals surface area contributed by atoms with Crippen molar-refractivity contribution in [2.75, 3.05) is 20.2 Å². The van der Waals surface area contributed by atoms with Crippen molar-refractivity contribution in [2.24, 2.45) is 0 Å². The summed E-state index contributed by atoms with van der Waals surface area (Å²) in [6, 6.07) is 5.34. The van der Waals surface area contributed by atoms with E-state index in [1.54, 1.807) is 6.07 Å². The first-order valence-corrected chi connectivity index (χ1v) is 6.75. The molecule has 18 heavy (non-hydrogen) atoms. The fraction of sp³-hybridized carbons (Fsp3) is 0.462. The molecule has 1 N–H and O–H groups in total. The van der Waals surface area contributed by atoms with E-state index in [-0.39, 0.29) is 12.1 Å². The Morgan fingerprint density at radius 2 is 2.11 bits per heavy atom. The molecule has 0 atom stereocenters. The van der Waals surface area contributed by atoms with Gasteiger partial charge in [0.25, 0.3) is 0 Å². The molecule has 0 saturated carbocycles. The quantitative estimate of drug-likeness (QED) is 0.870. The summed E-state index contributed by atoms with van der Waals surface area (Å²) in [4.78, 5) is 11.7. The Labute approximate surface area is 115 Å². The third kappa shape index (κ3) is 3.23. The van der Waals surface area contributed by atoms with Crippen LogP contribution >= 0.6 is 15.9 Å². The van der Waals surface area contributed by atoms with Crippen molar-refractivity contribution in [1.29, 1.82) is 0 Å². The predicted octanol–water partition coefficient (Wildman–Crippen LogP) is 2.37. The van der Waals surface area contributed by atoms with Crippen LogP contribution in [-0.2, 0) is 4.74 Å². The first-order valence-electron chi connectivity index (χ1n) is 5.96. The van der Waals surface area contributed by atoms with E-state index in [1.807, 2.05) is 12.1 Å². The smallest absolute Gasteiger partial charge is 0.341 e. The zero-order valence-corrected chi connectivity index (χ0v) is 11.8. The van der Waals surface area contributed by atoms with Crippen LogP contribution in [0.15, 0.2) is 22.7 Å². The van der Waals surface area contributed by atoms with Crippen LogP contribution in [0.25, 0.3) is 0 Å². The van der Waals surface area contributed by atoms with Gasteiger partial charge >= 0.3 is 5.97 Å². The molecular weight excluding hydrogens is 298 g/mol. The van der Waals surface area contributed by atoms with Crippen LogP contribution < -0.4 is 10.1 Å². The van der Waals surface area contributed by atoms with E-state index in [0.29, 0.717) is 11.3 Å². The highest BCUT2D eigenvalue weighted by Crippen LogP contribution is 2.26. The van der Waals surface area contributed by atoms with Gasteiger partial charge in [-0.1, -0.05) is 15.9 Å². The molecule has 1 aromatic rings. The number of hydrogen-bond donors (Lipinski definition) is 1. The van der Waals surface area contributed by atoms with Gasteiger partial charge in [0.1, 0.15) is 17.4 Å². The first-order chi connectivity index (χ1) is 8.70. The maximum atomic E-state index is 11.7. The number of halogens is 1. The molecule has 0 aromatic heterocycles. The number of rotatable bonds is 3. The lowest BCUT2D eigenvalue weighted by Crippen LogP contribution is -2.34. The second kappa shape index (κ2) is 6.20. The van der Waals surface area contributed by atoms with Crippen LogP contribution in [0, 0.1) is 0 Å². The zero-order valence-electron chi connectivity index (χ0n) is 10.2. The van der Waals surface area contributed by atoms with Crippen LogP contribution in [0.5, 0.6) is 5.75 Å². The number of methoxy groups -OCH3 is 1.